The molecule has 1 aliphatic rings. The van der Waals surface area contributed by atoms with Gasteiger partial charge in [0.05, 0.1) is 5.92 Å². The summed E-state index contributed by atoms with van der Waals surface area (Å²) >= 11 is 0. The zero-order chi connectivity index (χ0) is 15.4. The minimum absolute atomic E-state index is 0.0931. The zero-order valence-corrected chi connectivity index (χ0v) is 12.4. The Hall–Kier alpha value is -1.68. The van der Waals surface area contributed by atoms with E-state index in [1.807, 2.05) is 0 Å². The average Bonchev–Trinajstić information content (AvgIpc) is 2.53. The van der Waals surface area contributed by atoms with E-state index >= 15 is 0 Å². The summed E-state index contributed by atoms with van der Waals surface area (Å²) in [6.07, 6.45) is 3.88. The van der Waals surface area contributed by atoms with Gasteiger partial charge in [0.1, 0.15) is 0 Å². The molecule has 0 heterocycles. The maximum absolute atomic E-state index is 12.5. The van der Waals surface area contributed by atoms with Crippen LogP contribution >= 0.6 is 0 Å². The Morgan fingerprint density at radius 1 is 1.19 bits per heavy atom. The molecule has 1 aromatic carbocycles. The smallest absolute Gasteiger partial charge is 0.310 e. The van der Waals surface area contributed by atoms with E-state index in [0.717, 1.165) is 31.2 Å². The summed E-state index contributed by atoms with van der Waals surface area (Å²) in [6.45, 7) is 2.36. The minimum Gasteiger partial charge on any atom is -0.481 e. The molecule has 3 N–H and O–H groups in total. The predicted molar refractivity (Wildman–Crippen MR) is 81.3 cm³/mol. The highest BCUT2D eigenvalue weighted by Crippen LogP contribution is 2.30. The molecular weight excluding hydrogens is 266 g/mol. The number of carbonyl (C=O) groups excluding carboxylic acids is 1. The van der Waals surface area contributed by atoms with Crippen LogP contribution in [0.5, 0.6) is 0 Å². The summed E-state index contributed by atoms with van der Waals surface area (Å²) in [5.74, 6) is -0.563. The van der Waals surface area contributed by atoms with Crippen LogP contribution in [0.2, 0.25) is 0 Å². The Morgan fingerprint density at radius 2 is 1.76 bits per heavy atom. The molecule has 1 atom stereocenters. The van der Waals surface area contributed by atoms with E-state index < -0.39 is 11.9 Å². The number of hydrogen-bond donors (Lipinski definition) is 2. The maximum Gasteiger partial charge on any atom is 0.310 e. The maximum atomic E-state index is 12.5. The molecule has 2 rings (SSSR count). The van der Waals surface area contributed by atoms with Crippen molar-refractivity contribution in [3.63, 3.8) is 0 Å². The first-order chi connectivity index (χ1) is 10.0. The highest BCUT2D eigenvalue weighted by molar-refractivity contribution is 5.98. The van der Waals surface area contributed by atoms with Gasteiger partial charge in [-0.25, -0.2) is 0 Å². The lowest BCUT2D eigenvalue weighted by Crippen LogP contribution is -2.25. The van der Waals surface area contributed by atoms with Gasteiger partial charge in [-0.15, -0.1) is 0 Å². The van der Waals surface area contributed by atoms with Crippen molar-refractivity contribution in [2.45, 2.75) is 38.5 Å². The number of carbonyl (C=O) groups is 2. The van der Waals surface area contributed by atoms with Gasteiger partial charge in [-0.05, 0) is 50.6 Å². The topological polar surface area (TPSA) is 80.4 Å². The lowest BCUT2D eigenvalue weighted by atomic mass is 9.78. The standard InChI is InChI=1S/C17H23NO3/c1-11(17(20)21)13-6-8-15(9-7-13)16(19)14-4-2-12(10-18)3-5-14/h6-9,11-12,14H,2-5,10,18H2,1H3,(H,20,21)/t11?,12-,14-. The molecule has 1 aromatic rings. The van der Waals surface area contributed by atoms with Gasteiger partial charge < -0.3 is 10.8 Å². The molecule has 0 radical (unpaired) electrons. The predicted octanol–water partition coefficient (Wildman–Crippen LogP) is 2.82. The molecule has 0 amide bonds. The monoisotopic (exact) mass is 289 g/mol. The SMILES string of the molecule is CC(C(=O)O)c1ccc(C(=O)[C@H]2CC[C@H](CN)CC2)cc1. The molecule has 0 saturated heterocycles. The van der Waals surface area contributed by atoms with Crippen LogP contribution in [0.3, 0.4) is 0 Å². The van der Waals surface area contributed by atoms with Crippen molar-refractivity contribution in [2.75, 3.05) is 6.54 Å². The van der Waals surface area contributed by atoms with E-state index in [0.29, 0.717) is 18.0 Å². The first-order valence-corrected chi connectivity index (χ1v) is 7.60. The summed E-state index contributed by atoms with van der Waals surface area (Å²) in [4.78, 5) is 23.4. The number of aliphatic carboxylic acids is 1. The second-order valence-electron chi connectivity index (χ2n) is 6.00. The van der Waals surface area contributed by atoms with Crippen molar-refractivity contribution in [1.82, 2.24) is 0 Å². The van der Waals surface area contributed by atoms with Gasteiger partial charge >= 0.3 is 5.97 Å². The van der Waals surface area contributed by atoms with Crippen LogP contribution in [0.4, 0.5) is 0 Å². The third-order valence-electron chi connectivity index (χ3n) is 4.62. The fourth-order valence-electron chi connectivity index (χ4n) is 2.97. The quantitative estimate of drug-likeness (QED) is 0.817. The zero-order valence-electron chi connectivity index (χ0n) is 12.4. The van der Waals surface area contributed by atoms with Gasteiger partial charge in [-0.2, -0.15) is 0 Å². The van der Waals surface area contributed by atoms with Crippen LogP contribution in [0, 0.1) is 11.8 Å². The van der Waals surface area contributed by atoms with E-state index in [9.17, 15) is 9.59 Å². The van der Waals surface area contributed by atoms with E-state index in [4.69, 9.17) is 10.8 Å². The normalized spacial score (nSPS) is 23.5. The molecule has 1 fully saturated rings. The molecular formula is C17H23NO3. The van der Waals surface area contributed by atoms with Crippen molar-refractivity contribution in [3.05, 3.63) is 35.4 Å². The van der Waals surface area contributed by atoms with Crippen molar-refractivity contribution in [3.8, 4) is 0 Å². The molecule has 0 bridgehead atoms. The van der Waals surface area contributed by atoms with Gasteiger partial charge in [0.2, 0.25) is 0 Å². The van der Waals surface area contributed by atoms with Crippen LogP contribution in [0.1, 0.15) is 54.4 Å². The lowest BCUT2D eigenvalue weighted by Gasteiger charge is -2.26. The van der Waals surface area contributed by atoms with Gasteiger partial charge in [-0.1, -0.05) is 24.3 Å². The number of hydrogen-bond acceptors (Lipinski definition) is 3. The number of rotatable bonds is 5. The second kappa shape index (κ2) is 6.85. The summed E-state index contributed by atoms with van der Waals surface area (Å²) in [5.41, 5.74) is 7.09. The van der Waals surface area contributed by atoms with E-state index in [1.54, 1.807) is 31.2 Å². The Bertz CT molecular complexity index is 501. The van der Waals surface area contributed by atoms with E-state index in [1.165, 1.54) is 0 Å². The molecule has 0 aliphatic heterocycles. The number of ketones is 1. The minimum atomic E-state index is -0.853. The van der Waals surface area contributed by atoms with Crippen molar-refractivity contribution in [2.24, 2.45) is 17.6 Å². The summed E-state index contributed by atoms with van der Waals surface area (Å²) in [5, 5.41) is 8.99. The molecule has 4 nitrogen and oxygen atoms in total. The van der Waals surface area contributed by atoms with E-state index in [2.05, 4.69) is 0 Å². The van der Waals surface area contributed by atoms with Crippen LogP contribution in [-0.2, 0) is 4.79 Å². The van der Waals surface area contributed by atoms with Crippen LogP contribution < -0.4 is 5.73 Å². The molecule has 114 valence electrons. The van der Waals surface area contributed by atoms with Gasteiger partial charge in [0.25, 0.3) is 0 Å². The van der Waals surface area contributed by atoms with Crippen LogP contribution in [-0.4, -0.2) is 23.4 Å². The Kier molecular flexibility index (Phi) is 5.12. The lowest BCUT2D eigenvalue weighted by molar-refractivity contribution is -0.138. The van der Waals surface area contributed by atoms with Crippen molar-refractivity contribution in [1.29, 1.82) is 0 Å². The molecule has 0 aromatic heterocycles. The summed E-state index contributed by atoms with van der Waals surface area (Å²) < 4.78 is 0. The number of Topliss-reactive ketones (excluding diaryl/α,β-unsaturated/α-hetero) is 1. The van der Waals surface area contributed by atoms with Gasteiger partial charge in [-0.3, -0.25) is 9.59 Å². The Labute approximate surface area is 125 Å². The largest absolute Gasteiger partial charge is 0.481 e. The van der Waals surface area contributed by atoms with Gasteiger partial charge in [0.15, 0.2) is 5.78 Å². The number of nitrogens with two attached hydrogens (primary N) is 1. The third kappa shape index (κ3) is 3.70. The fourth-order valence-corrected chi connectivity index (χ4v) is 2.97. The first kappa shape index (κ1) is 15.7. The highest BCUT2D eigenvalue weighted by Gasteiger charge is 2.26. The Balaban J connectivity index is 2.02. The van der Waals surface area contributed by atoms with Gasteiger partial charge in [0, 0.05) is 11.5 Å². The molecule has 0 spiro atoms. The third-order valence-corrected chi connectivity index (χ3v) is 4.62. The number of carboxylic acids is 1. The summed E-state index contributed by atoms with van der Waals surface area (Å²) in [7, 11) is 0. The number of benzene rings is 1. The Morgan fingerprint density at radius 3 is 2.24 bits per heavy atom. The van der Waals surface area contributed by atoms with Crippen molar-refractivity contribution >= 4 is 11.8 Å². The van der Waals surface area contributed by atoms with Crippen LogP contribution in [0.25, 0.3) is 0 Å². The highest BCUT2D eigenvalue weighted by atomic mass is 16.4. The first-order valence-electron chi connectivity index (χ1n) is 7.60. The van der Waals surface area contributed by atoms with Crippen LogP contribution in [0.15, 0.2) is 24.3 Å². The molecule has 1 unspecified atom stereocenters. The molecule has 1 saturated carbocycles. The molecule has 21 heavy (non-hydrogen) atoms. The summed E-state index contributed by atoms with van der Waals surface area (Å²) in [6, 6.07) is 7.01. The molecule has 1 aliphatic carbocycles. The van der Waals surface area contributed by atoms with E-state index in [-0.39, 0.29) is 11.7 Å². The average molecular weight is 289 g/mol. The second-order valence-corrected chi connectivity index (χ2v) is 6.00. The van der Waals surface area contributed by atoms with Crippen molar-refractivity contribution < 1.29 is 14.7 Å². The fraction of sp³-hybridized carbons (Fsp3) is 0.529. The number of carboxylic acid groups (broad SMARTS) is 1. The molecule has 4 heteroatoms.